The van der Waals surface area contributed by atoms with Gasteiger partial charge in [-0.05, 0) is 25.1 Å². The topological polar surface area (TPSA) is 57.3 Å². The van der Waals surface area contributed by atoms with Gasteiger partial charge in [0.2, 0.25) is 0 Å². The number of carbonyl (C=O) groups is 1. The fourth-order valence-electron chi connectivity index (χ4n) is 2.28. The average Bonchev–Trinajstić information content (AvgIpc) is 2.49. The number of carbonyl (C=O) groups excluding carboxylic acids is 1. The highest BCUT2D eigenvalue weighted by molar-refractivity contribution is 5.92. The van der Waals surface area contributed by atoms with Crippen LogP contribution in [0.25, 0.3) is 0 Å². The van der Waals surface area contributed by atoms with Crippen molar-refractivity contribution in [3.8, 4) is 0 Å². The molecule has 2 aromatic rings. The van der Waals surface area contributed by atoms with E-state index < -0.39 is 0 Å². The van der Waals surface area contributed by atoms with Crippen LogP contribution in [0.3, 0.4) is 0 Å². The number of fused-ring (bicyclic) bond motifs is 1. The highest BCUT2D eigenvalue weighted by Crippen LogP contribution is 2.30. The quantitative estimate of drug-likeness (QED) is 0.910. The van der Waals surface area contributed by atoms with E-state index in [1.54, 1.807) is 35.4 Å². The van der Waals surface area contributed by atoms with Crippen molar-refractivity contribution in [1.29, 1.82) is 0 Å². The molecule has 0 saturated carbocycles. The summed E-state index contributed by atoms with van der Waals surface area (Å²) in [5, 5.41) is 5.81. The first-order chi connectivity index (χ1) is 10.2. The number of benzene rings is 1. The summed E-state index contributed by atoms with van der Waals surface area (Å²) in [6.07, 6.45) is 1.59. The summed E-state index contributed by atoms with van der Waals surface area (Å²) in [4.78, 5) is 17.6. The molecule has 0 unspecified atom stereocenters. The van der Waals surface area contributed by atoms with Gasteiger partial charge in [0.05, 0.1) is 12.2 Å². The second-order valence-corrected chi connectivity index (χ2v) is 4.73. The lowest BCUT2D eigenvalue weighted by atomic mass is 10.1. The number of hydrogen-bond acceptors (Lipinski definition) is 3. The zero-order valence-electron chi connectivity index (χ0n) is 11.6. The lowest BCUT2D eigenvalue weighted by Crippen LogP contribution is -2.39. The van der Waals surface area contributed by atoms with Crippen molar-refractivity contribution in [2.75, 3.05) is 17.2 Å². The van der Waals surface area contributed by atoms with Gasteiger partial charge < -0.3 is 10.2 Å². The third-order valence-corrected chi connectivity index (χ3v) is 3.44. The van der Waals surface area contributed by atoms with Gasteiger partial charge in [-0.25, -0.2) is 14.2 Å². The first kappa shape index (κ1) is 13.4. The van der Waals surface area contributed by atoms with Crippen LogP contribution in [0.4, 0.5) is 26.4 Å². The number of nitrogens with one attached hydrogen (secondary N) is 2. The Morgan fingerprint density at radius 2 is 2.14 bits per heavy atom. The van der Waals surface area contributed by atoms with Crippen molar-refractivity contribution in [3.63, 3.8) is 0 Å². The molecule has 2 heterocycles. The molecule has 5 nitrogen and oxygen atoms in total. The molecule has 1 aromatic heterocycles. The van der Waals surface area contributed by atoms with E-state index >= 15 is 0 Å². The third kappa shape index (κ3) is 2.52. The van der Waals surface area contributed by atoms with Crippen LogP contribution in [0.1, 0.15) is 12.5 Å². The molecule has 3 rings (SSSR count). The molecule has 0 radical (unpaired) electrons. The van der Waals surface area contributed by atoms with Crippen LogP contribution in [0.5, 0.6) is 0 Å². The van der Waals surface area contributed by atoms with E-state index in [0.29, 0.717) is 24.6 Å². The molecule has 6 heteroatoms. The number of pyridine rings is 1. The van der Waals surface area contributed by atoms with Crippen LogP contribution < -0.4 is 10.6 Å². The Morgan fingerprint density at radius 3 is 2.90 bits per heavy atom. The maximum Gasteiger partial charge on any atom is 0.323 e. The minimum absolute atomic E-state index is 0.166. The lowest BCUT2D eigenvalue weighted by molar-refractivity contribution is 0.209. The maximum absolute atomic E-state index is 13.8. The second-order valence-electron chi connectivity index (χ2n) is 4.73. The monoisotopic (exact) mass is 286 g/mol. The number of amides is 2. The molecule has 0 bridgehead atoms. The highest BCUT2D eigenvalue weighted by atomic mass is 19.1. The predicted octanol–water partition coefficient (Wildman–Crippen LogP) is 3.33. The summed E-state index contributed by atoms with van der Waals surface area (Å²) in [7, 11) is 0. The Morgan fingerprint density at radius 1 is 1.33 bits per heavy atom. The number of rotatable bonds is 3. The Labute approximate surface area is 121 Å². The molecule has 2 amide bonds. The molecule has 1 aromatic carbocycles. The molecule has 0 fully saturated rings. The van der Waals surface area contributed by atoms with E-state index in [1.807, 2.05) is 6.92 Å². The van der Waals surface area contributed by atoms with Gasteiger partial charge in [-0.1, -0.05) is 12.1 Å². The van der Waals surface area contributed by atoms with Crippen molar-refractivity contribution in [3.05, 3.63) is 47.9 Å². The molecular formula is C15H15FN4O. The van der Waals surface area contributed by atoms with Gasteiger partial charge in [0.1, 0.15) is 11.6 Å². The molecule has 0 aliphatic carbocycles. The molecule has 1 aliphatic rings. The van der Waals surface area contributed by atoms with Crippen LogP contribution in [0.2, 0.25) is 0 Å². The first-order valence-electron chi connectivity index (χ1n) is 6.74. The van der Waals surface area contributed by atoms with Crippen molar-refractivity contribution < 1.29 is 9.18 Å². The number of anilines is 3. The number of nitrogens with zero attached hydrogens (tertiary/aromatic N) is 2. The summed E-state index contributed by atoms with van der Waals surface area (Å²) in [6.45, 7) is 2.95. The predicted molar refractivity (Wildman–Crippen MR) is 79.0 cm³/mol. The summed E-state index contributed by atoms with van der Waals surface area (Å²) >= 11 is 0. The van der Waals surface area contributed by atoms with Crippen molar-refractivity contribution in [2.45, 2.75) is 13.5 Å². The molecule has 2 N–H and O–H groups in total. The minimum Gasteiger partial charge on any atom is -0.353 e. The molecule has 1 aliphatic heterocycles. The standard InChI is InChI=1S/C15H15FN4O/c1-2-20-9-10-12(7-8-17-14(10)19-15(20)21)18-13-6-4-3-5-11(13)16/h3-8H,2,9H2,1H3,(H2,17,18,19,21). The van der Waals surface area contributed by atoms with Gasteiger partial charge in [-0.2, -0.15) is 0 Å². The zero-order chi connectivity index (χ0) is 14.8. The zero-order valence-corrected chi connectivity index (χ0v) is 11.6. The van der Waals surface area contributed by atoms with E-state index in [-0.39, 0.29) is 11.8 Å². The van der Waals surface area contributed by atoms with E-state index in [0.717, 1.165) is 11.3 Å². The molecule has 108 valence electrons. The number of urea groups is 1. The Balaban J connectivity index is 1.96. The fraction of sp³-hybridized carbons (Fsp3) is 0.200. The number of halogens is 1. The smallest absolute Gasteiger partial charge is 0.323 e. The molecule has 0 spiro atoms. The van der Waals surface area contributed by atoms with Crippen LogP contribution in [-0.4, -0.2) is 22.5 Å². The van der Waals surface area contributed by atoms with Crippen LogP contribution in [-0.2, 0) is 6.54 Å². The first-order valence-corrected chi connectivity index (χ1v) is 6.74. The third-order valence-electron chi connectivity index (χ3n) is 3.44. The summed E-state index contributed by atoms with van der Waals surface area (Å²) in [5.74, 6) is 0.196. The van der Waals surface area contributed by atoms with E-state index in [4.69, 9.17) is 0 Å². The van der Waals surface area contributed by atoms with Crippen LogP contribution >= 0.6 is 0 Å². The summed E-state index contributed by atoms with van der Waals surface area (Å²) in [5.41, 5.74) is 1.98. The van der Waals surface area contributed by atoms with Gasteiger partial charge >= 0.3 is 6.03 Å². The summed E-state index contributed by atoms with van der Waals surface area (Å²) in [6, 6.07) is 8.08. The Hall–Kier alpha value is -2.63. The minimum atomic E-state index is -0.324. The number of hydrogen-bond donors (Lipinski definition) is 2. The van der Waals surface area contributed by atoms with Crippen molar-refractivity contribution in [1.82, 2.24) is 9.88 Å². The highest BCUT2D eigenvalue weighted by Gasteiger charge is 2.24. The SMILES string of the molecule is CCN1Cc2c(Nc3ccccc3F)ccnc2NC1=O. The van der Waals surface area contributed by atoms with Gasteiger partial charge in [0.15, 0.2) is 0 Å². The fourth-order valence-corrected chi connectivity index (χ4v) is 2.28. The van der Waals surface area contributed by atoms with Crippen LogP contribution in [0.15, 0.2) is 36.5 Å². The Bertz CT molecular complexity index is 689. The normalized spacial score (nSPS) is 13.6. The Kier molecular flexibility index (Phi) is 3.43. The van der Waals surface area contributed by atoms with E-state index in [9.17, 15) is 9.18 Å². The molecule has 0 atom stereocenters. The van der Waals surface area contributed by atoms with Gasteiger partial charge in [-0.3, -0.25) is 5.32 Å². The number of para-hydroxylation sites is 1. The molecular weight excluding hydrogens is 271 g/mol. The largest absolute Gasteiger partial charge is 0.353 e. The number of aromatic nitrogens is 1. The average molecular weight is 286 g/mol. The second kappa shape index (κ2) is 5.40. The van der Waals surface area contributed by atoms with Gasteiger partial charge in [0, 0.05) is 24.0 Å². The molecule has 21 heavy (non-hydrogen) atoms. The lowest BCUT2D eigenvalue weighted by Gasteiger charge is -2.29. The maximum atomic E-state index is 13.8. The van der Waals surface area contributed by atoms with Crippen molar-refractivity contribution in [2.24, 2.45) is 0 Å². The van der Waals surface area contributed by atoms with E-state index in [1.165, 1.54) is 6.07 Å². The molecule has 0 saturated heterocycles. The van der Waals surface area contributed by atoms with Gasteiger partial charge in [-0.15, -0.1) is 0 Å². The van der Waals surface area contributed by atoms with Crippen LogP contribution in [0, 0.1) is 5.82 Å². The van der Waals surface area contributed by atoms with Crippen molar-refractivity contribution >= 4 is 23.2 Å². The van der Waals surface area contributed by atoms with E-state index in [2.05, 4.69) is 15.6 Å². The summed E-state index contributed by atoms with van der Waals surface area (Å²) < 4.78 is 13.8. The van der Waals surface area contributed by atoms with Gasteiger partial charge in [0.25, 0.3) is 0 Å².